The van der Waals surface area contributed by atoms with E-state index >= 15 is 0 Å². The maximum atomic E-state index is 6.49. The van der Waals surface area contributed by atoms with Crippen molar-refractivity contribution in [1.82, 2.24) is 0 Å². The molecule has 2 aliphatic carbocycles. The first-order valence-electron chi connectivity index (χ1n) is 6.75. The van der Waals surface area contributed by atoms with Crippen LogP contribution < -0.4 is 24.8 Å². The van der Waals surface area contributed by atoms with Crippen molar-refractivity contribution in [3.8, 4) is 0 Å². The molecule has 4 rings (SSSR count). The van der Waals surface area contributed by atoms with Crippen LogP contribution in [0, 0.1) is 0 Å². The van der Waals surface area contributed by atoms with Gasteiger partial charge in [-0.05, 0) is 0 Å². The molecule has 0 amide bonds. The predicted molar refractivity (Wildman–Crippen MR) is 83.6 cm³/mol. The van der Waals surface area contributed by atoms with E-state index in [0.717, 1.165) is 5.02 Å². The molecule has 0 nitrogen and oxygen atoms in total. The molecule has 1 heterocycles. The van der Waals surface area contributed by atoms with Crippen LogP contribution in [0.2, 0.25) is 5.02 Å². The van der Waals surface area contributed by atoms with Crippen LogP contribution in [0.25, 0.3) is 5.57 Å². The Labute approximate surface area is 164 Å². The third kappa shape index (κ3) is 3.11. The Hall–Kier alpha value is 0.283. The first-order chi connectivity index (χ1) is 9.74. The Kier molecular flexibility index (Phi) is 6.31. The van der Waals surface area contributed by atoms with Crippen molar-refractivity contribution in [1.29, 1.82) is 0 Å². The van der Waals surface area contributed by atoms with Gasteiger partial charge in [-0.3, -0.25) is 0 Å². The second-order valence-corrected chi connectivity index (χ2v) is 10.3. The van der Waals surface area contributed by atoms with Crippen molar-refractivity contribution >= 4 is 28.9 Å². The SMILES string of the molecule is CC1=CC2Sc3cccc(Cl)c3C2=[C]1[Zr+2][C]1=CC=CC1.[Cl-].[Cl-]. The Balaban J connectivity index is 0.000000882. The molecule has 0 spiro atoms. The van der Waals surface area contributed by atoms with Crippen molar-refractivity contribution in [3.05, 3.63) is 65.2 Å². The number of fused-ring (bicyclic) bond motifs is 3. The van der Waals surface area contributed by atoms with E-state index in [1.54, 1.807) is 6.56 Å². The minimum atomic E-state index is -0.667. The molecular formula is C17H13Cl3SZr. The zero-order valence-electron chi connectivity index (χ0n) is 11.9. The fourth-order valence-corrected chi connectivity index (χ4v) is 8.44. The average Bonchev–Trinajstić information content (AvgIpc) is 3.08. The van der Waals surface area contributed by atoms with E-state index in [4.69, 9.17) is 11.6 Å². The third-order valence-corrected chi connectivity index (χ3v) is 9.39. The number of hydrogen-bond acceptors (Lipinski definition) is 1. The second-order valence-electron chi connectivity index (χ2n) is 5.24. The predicted octanol–water partition coefficient (Wildman–Crippen LogP) is -0.580. The van der Waals surface area contributed by atoms with Crippen LogP contribution in [-0.2, 0) is 23.2 Å². The van der Waals surface area contributed by atoms with Gasteiger partial charge in [0.05, 0.1) is 0 Å². The van der Waals surface area contributed by atoms with E-state index in [2.05, 4.69) is 43.4 Å². The number of benzene rings is 1. The quantitative estimate of drug-likeness (QED) is 0.586. The molecule has 22 heavy (non-hydrogen) atoms. The van der Waals surface area contributed by atoms with Gasteiger partial charge in [-0.15, -0.1) is 0 Å². The van der Waals surface area contributed by atoms with Crippen LogP contribution >= 0.6 is 23.4 Å². The molecule has 0 radical (unpaired) electrons. The minimum absolute atomic E-state index is 0. The van der Waals surface area contributed by atoms with Crippen molar-refractivity contribution in [2.24, 2.45) is 0 Å². The van der Waals surface area contributed by atoms with Crippen LogP contribution in [0.3, 0.4) is 0 Å². The van der Waals surface area contributed by atoms with Crippen LogP contribution in [0.15, 0.2) is 59.5 Å². The van der Waals surface area contributed by atoms with E-state index in [1.807, 2.05) is 17.8 Å². The van der Waals surface area contributed by atoms with Crippen LogP contribution in [0.4, 0.5) is 0 Å². The molecular weight excluding hydrogens is 434 g/mol. The van der Waals surface area contributed by atoms with Crippen LogP contribution in [0.5, 0.6) is 0 Å². The summed E-state index contributed by atoms with van der Waals surface area (Å²) in [5, 5.41) is 1.43. The van der Waals surface area contributed by atoms with Gasteiger partial charge in [0.1, 0.15) is 0 Å². The van der Waals surface area contributed by atoms with Crippen molar-refractivity contribution in [2.45, 2.75) is 23.5 Å². The Morgan fingerprint density at radius 3 is 2.82 bits per heavy atom. The van der Waals surface area contributed by atoms with Gasteiger partial charge < -0.3 is 24.8 Å². The topological polar surface area (TPSA) is 0 Å². The Morgan fingerprint density at radius 2 is 2.09 bits per heavy atom. The summed E-state index contributed by atoms with van der Waals surface area (Å²) in [5.41, 5.74) is 4.36. The number of thioether (sulfide) groups is 1. The van der Waals surface area contributed by atoms with E-state index in [0.29, 0.717) is 5.25 Å². The van der Waals surface area contributed by atoms with Gasteiger partial charge in [-0.25, -0.2) is 0 Å². The van der Waals surface area contributed by atoms with Gasteiger partial charge in [-0.1, -0.05) is 0 Å². The maximum absolute atomic E-state index is 6.49. The molecule has 0 N–H and O–H groups in total. The first kappa shape index (κ1) is 18.6. The maximum Gasteiger partial charge on any atom is -1.00 e. The molecule has 3 aliphatic rings. The molecule has 0 fully saturated rings. The summed E-state index contributed by atoms with van der Waals surface area (Å²) >= 11 is 7.78. The number of allylic oxidation sites excluding steroid dienone is 6. The standard InChI is InChI=1S/C12H8ClS.C5H5.2ClH.Zr/c1-7-5-8-11(6-7)14-10-4-2-3-9(13)12(8)10;1-2-4-5-3-1;;;/h2-4,6,11H,1H3;1-3H,4H2;2*1H;/q;;;;+2/p-2. The number of rotatable bonds is 2. The summed E-state index contributed by atoms with van der Waals surface area (Å²) in [5.74, 6) is 0. The first-order valence-corrected chi connectivity index (χ1v) is 10.5. The third-order valence-electron chi connectivity index (χ3n) is 3.91. The minimum Gasteiger partial charge on any atom is -1.00 e. The average molecular weight is 447 g/mol. The van der Waals surface area contributed by atoms with Crippen LogP contribution in [0.1, 0.15) is 18.9 Å². The fraction of sp³-hybridized carbons (Fsp3) is 0.176. The van der Waals surface area contributed by atoms with Crippen molar-refractivity contribution in [2.75, 3.05) is 0 Å². The molecule has 1 aromatic rings. The van der Waals surface area contributed by atoms with Gasteiger partial charge in [-0.2, -0.15) is 0 Å². The zero-order chi connectivity index (χ0) is 13.7. The molecule has 1 atom stereocenters. The normalized spacial score (nSPS) is 20.5. The molecule has 0 saturated heterocycles. The molecule has 1 aromatic carbocycles. The Morgan fingerprint density at radius 1 is 1.27 bits per heavy atom. The van der Waals surface area contributed by atoms with Gasteiger partial charge in [0.2, 0.25) is 0 Å². The molecule has 1 unspecified atom stereocenters. The largest absolute Gasteiger partial charge is 1.00 e. The number of halogens is 3. The Bertz CT molecular complexity index is 731. The zero-order valence-corrected chi connectivity index (χ0v) is 17.4. The summed E-state index contributed by atoms with van der Waals surface area (Å²) in [6.45, 7) is 2.28. The van der Waals surface area contributed by atoms with Gasteiger partial charge in [0, 0.05) is 0 Å². The second kappa shape index (κ2) is 7.45. The smallest absolute Gasteiger partial charge is 1.00 e. The van der Waals surface area contributed by atoms with Gasteiger partial charge >= 0.3 is 141 Å². The summed E-state index contributed by atoms with van der Waals surface area (Å²) < 4.78 is 3.34. The van der Waals surface area contributed by atoms with Gasteiger partial charge in [0.25, 0.3) is 0 Å². The molecule has 0 aromatic heterocycles. The fourth-order valence-electron chi connectivity index (χ4n) is 2.98. The molecule has 0 saturated carbocycles. The molecule has 5 heteroatoms. The molecule has 112 valence electrons. The number of hydrogen-bond donors (Lipinski definition) is 0. The van der Waals surface area contributed by atoms with E-state index in [9.17, 15) is 0 Å². The van der Waals surface area contributed by atoms with E-state index in [1.165, 1.54) is 28.0 Å². The van der Waals surface area contributed by atoms with E-state index < -0.39 is 23.2 Å². The summed E-state index contributed by atoms with van der Waals surface area (Å²) in [7, 11) is 0. The van der Waals surface area contributed by atoms with E-state index in [-0.39, 0.29) is 24.8 Å². The van der Waals surface area contributed by atoms with Crippen molar-refractivity contribution in [3.63, 3.8) is 0 Å². The molecule has 0 bridgehead atoms. The summed E-state index contributed by atoms with van der Waals surface area (Å²) in [6.07, 6.45) is 10.4. The van der Waals surface area contributed by atoms with Gasteiger partial charge in [0.15, 0.2) is 0 Å². The van der Waals surface area contributed by atoms with Crippen LogP contribution in [-0.4, -0.2) is 5.25 Å². The molecule has 1 aliphatic heterocycles. The van der Waals surface area contributed by atoms with Crippen molar-refractivity contribution < 1.29 is 48.0 Å². The monoisotopic (exact) mass is 444 g/mol. The summed E-state index contributed by atoms with van der Waals surface area (Å²) in [4.78, 5) is 1.36. The summed E-state index contributed by atoms with van der Waals surface area (Å²) in [6, 6.07) is 6.30.